The Morgan fingerprint density at radius 2 is 2.27 bits per heavy atom. The number of hydrogen-bond acceptors (Lipinski definition) is 3. The molecule has 1 rings (SSSR count). The summed E-state index contributed by atoms with van der Waals surface area (Å²) in [5.74, 6) is 0.0942. The molecule has 0 aromatic heterocycles. The Morgan fingerprint density at radius 1 is 1.53 bits per heavy atom. The SMILES string of the molecule is COCC(C)(C)NC(=O)[C@H]1CCCCN1. The van der Waals surface area contributed by atoms with Crippen molar-refractivity contribution in [2.75, 3.05) is 20.3 Å². The molecule has 0 aliphatic carbocycles. The zero-order valence-corrected chi connectivity index (χ0v) is 9.93. The van der Waals surface area contributed by atoms with Gasteiger partial charge in [0.15, 0.2) is 0 Å². The summed E-state index contributed by atoms with van der Waals surface area (Å²) >= 11 is 0. The number of piperidine rings is 1. The van der Waals surface area contributed by atoms with Gasteiger partial charge in [0.1, 0.15) is 0 Å². The quantitative estimate of drug-likeness (QED) is 0.723. The second-order valence-electron chi connectivity index (χ2n) is 4.81. The molecule has 0 bridgehead atoms. The van der Waals surface area contributed by atoms with Crippen molar-refractivity contribution in [3.63, 3.8) is 0 Å². The molecule has 15 heavy (non-hydrogen) atoms. The molecule has 0 unspecified atom stereocenters. The summed E-state index contributed by atoms with van der Waals surface area (Å²) in [7, 11) is 1.65. The zero-order chi connectivity index (χ0) is 11.3. The lowest BCUT2D eigenvalue weighted by molar-refractivity contribution is -0.125. The number of hydrogen-bond donors (Lipinski definition) is 2. The third-order valence-electron chi connectivity index (χ3n) is 2.59. The summed E-state index contributed by atoms with van der Waals surface area (Å²) in [5, 5.41) is 6.23. The minimum Gasteiger partial charge on any atom is -0.382 e. The first-order valence-corrected chi connectivity index (χ1v) is 5.59. The van der Waals surface area contributed by atoms with Gasteiger partial charge in [-0.1, -0.05) is 6.42 Å². The molecule has 4 heteroatoms. The first-order valence-electron chi connectivity index (χ1n) is 5.59. The summed E-state index contributed by atoms with van der Waals surface area (Å²) < 4.78 is 5.06. The van der Waals surface area contributed by atoms with Crippen molar-refractivity contribution in [1.29, 1.82) is 0 Å². The molecule has 1 heterocycles. The lowest BCUT2D eigenvalue weighted by Crippen LogP contribution is -2.54. The van der Waals surface area contributed by atoms with Crippen LogP contribution in [0.25, 0.3) is 0 Å². The van der Waals surface area contributed by atoms with Crippen LogP contribution in [0.4, 0.5) is 0 Å². The number of ether oxygens (including phenoxy) is 1. The van der Waals surface area contributed by atoms with E-state index in [4.69, 9.17) is 4.74 Å². The van der Waals surface area contributed by atoms with E-state index in [2.05, 4.69) is 10.6 Å². The molecule has 0 aromatic rings. The van der Waals surface area contributed by atoms with E-state index in [1.807, 2.05) is 13.8 Å². The second-order valence-corrected chi connectivity index (χ2v) is 4.81. The van der Waals surface area contributed by atoms with Crippen molar-refractivity contribution in [1.82, 2.24) is 10.6 Å². The van der Waals surface area contributed by atoms with Crippen LogP contribution in [-0.4, -0.2) is 37.7 Å². The van der Waals surface area contributed by atoms with Gasteiger partial charge in [-0.15, -0.1) is 0 Å². The molecule has 0 radical (unpaired) electrons. The summed E-state index contributed by atoms with van der Waals surface area (Å²) in [6, 6.07) is -0.0186. The summed E-state index contributed by atoms with van der Waals surface area (Å²) in [4.78, 5) is 11.9. The monoisotopic (exact) mass is 214 g/mol. The molecule has 88 valence electrons. The maximum Gasteiger partial charge on any atom is 0.237 e. The van der Waals surface area contributed by atoms with Crippen molar-refractivity contribution >= 4 is 5.91 Å². The number of carbonyl (C=O) groups excluding carboxylic acids is 1. The summed E-state index contributed by atoms with van der Waals surface area (Å²) in [5.41, 5.74) is -0.287. The Labute approximate surface area is 91.8 Å². The van der Waals surface area contributed by atoms with Crippen LogP contribution in [0.15, 0.2) is 0 Å². The van der Waals surface area contributed by atoms with E-state index < -0.39 is 0 Å². The van der Waals surface area contributed by atoms with Gasteiger partial charge < -0.3 is 15.4 Å². The maximum atomic E-state index is 11.9. The molecule has 0 saturated carbocycles. The molecule has 0 spiro atoms. The molecule has 1 fully saturated rings. The third kappa shape index (κ3) is 4.18. The maximum absolute atomic E-state index is 11.9. The highest BCUT2D eigenvalue weighted by molar-refractivity contribution is 5.82. The fourth-order valence-corrected chi connectivity index (χ4v) is 1.89. The Kier molecular flexibility index (Phi) is 4.54. The first kappa shape index (κ1) is 12.5. The smallest absolute Gasteiger partial charge is 0.237 e. The van der Waals surface area contributed by atoms with E-state index in [9.17, 15) is 4.79 Å². The van der Waals surface area contributed by atoms with Gasteiger partial charge in [0.05, 0.1) is 18.2 Å². The number of carbonyl (C=O) groups is 1. The zero-order valence-electron chi connectivity index (χ0n) is 9.93. The molecule has 1 amide bonds. The fourth-order valence-electron chi connectivity index (χ4n) is 1.89. The van der Waals surface area contributed by atoms with E-state index in [0.717, 1.165) is 19.4 Å². The van der Waals surface area contributed by atoms with Crippen LogP contribution in [-0.2, 0) is 9.53 Å². The van der Waals surface area contributed by atoms with Crippen molar-refractivity contribution in [3.05, 3.63) is 0 Å². The van der Waals surface area contributed by atoms with Crippen LogP contribution >= 0.6 is 0 Å². The fraction of sp³-hybridized carbons (Fsp3) is 0.909. The van der Waals surface area contributed by atoms with Crippen LogP contribution in [0.1, 0.15) is 33.1 Å². The van der Waals surface area contributed by atoms with E-state index in [1.165, 1.54) is 6.42 Å². The van der Waals surface area contributed by atoms with E-state index >= 15 is 0 Å². The van der Waals surface area contributed by atoms with E-state index in [0.29, 0.717) is 6.61 Å². The molecular formula is C11H22N2O2. The Morgan fingerprint density at radius 3 is 2.80 bits per heavy atom. The van der Waals surface area contributed by atoms with Crippen molar-refractivity contribution in [3.8, 4) is 0 Å². The van der Waals surface area contributed by atoms with Gasteiger partial charge in [0, 0.05) is 7.11 Å². The van der Waals surface area contributed by atoms with Crippen molar-refractivity contribution in [2.24, 2.45) is 0 Å². The number of amides is 1. The highest BCUT2D eigenvalue weighted by Gasteiger charge is 2.26. The van der Waals surface area contributed by atoms with Gasteiger partial charge in [-0.3, -0.25) is 4.79 Å². The second kappa shape index (κ2) is 5.47. The molecule has 1 saturated heterocycles. The Balaban J connectivity index is 2.39. The Bertz CT molecular complexity index is 211. The van der Waals surface area contributed by atoms with E-state index in [1.54, 1.807) is 7.11 Å². The molecule has 1 atom stereocenters. The molecule has 0 aromatic carbocycles. The average molecular weight is 214 g/mol. The molecule has 2 N–H and O–H groups in total. The van der Waals surface area contributed by atoms with Crippen LogP contribution in [0.3, 0.4) is 0 Å². The molecule has 1 aliphatic heterocycles. The van der Waals surface area contributed by atoms with Crippen LogP contribution < -0.4 is 10.6 Å². The minimum absolute atomic E-state index is 0.0186. The van der Waals surface area contributed by atoms with Crippen molar-refractivity contribution < 1.29 is 9.53 Å². The lowest BCUT2D eigenvalue weighted by atomic mass is 10.0. The molecule has 1 aliphatic rings. The van der Waals surface area contributed by atoms with Gasteiger partial charge >= 0.3 is 0 Å². The minimum atomic E-state index is -0.287. The molecule has 4 nitrogen and oxygen atoms in total. The van der Waals surface area contributed by atoms with Gasteiger partial charge in [-0.25, -0.2) is 0 Å². The number of rotatable bonds is 4. The lowest BCUT2D eigenvalue weighted by Gasteiger charge is -2.30. The standard InChI is InChI=1S/C11H22N2O2/c1-11(2,8-15-3)13-10(14)9-6-4-5-7-12-9/h9,12H,4-8H2,1-3H3,(H,13,14)/t9-/m1/s1. The average Bonchev–Trinajstić information content (AvgIpc) is 2.18. The van der Waals surface area contributed by atoms with Gasteiger partial charge in [0.2, 0.25) is 5.91 Å². The van der Waals surface area contributed by atoms with Crippen LogP contribution in [0, 0.1) is 0 Å². The first-order chi connectivity index (χ1) is 7.05. The predicted molar refractivity (Wildman–Crippen MR) is 59.7 cm³/mol. The highest BCUT2D eigenvalue weighted by atomic mass is 16.5. The Hall–Kier alpha value is -0.610. The van der Waals surface area contributed by atoms with Gasteiger partial charge in [-0.05, 0) is 33.2 Å². The predicted octanol–water partition coefficient (Wildman–Crippen LogP) is 0.670. The largest absolute Gasteiger partial charge is 0.382 e. The normalized spacial score (nSPS) is 22.5. The summed E-state index contributed by atoms with van der Waals surface area (Å²) in [6.45, 7) is 5.42. The highest BCUT2D eigenvalue weighted by Crippen LogP contribution is 2.09. The van der Waals surface area contributed by atoms with Crippen LogP contribution in [0.5, 0.6) is 0 Å². The van der Waals surface area contributed by atoms with Crippen LogP contribution in [0.2, 0.25) is 0 Å². The van der Waals surface area contributed by atoms with Crippen molar-refractivity contribution in [2.45, 2.75) is 44.7 Å². The number of nitrogens with one attached hydrogen (secondary N) is 2. The van der Waals surface area contributed by atoms with E-state index in [-0.39, 0.29) is 17.5 Å². The van der Waals surface area contributed by atoms with Gasteiger partial charge in [-0.2, -0.15) is 0 Å². The topological polar surface area (TPSA) is 50.4 Å². The summed E-state index contributed by atoms with van der Waals surface area (Å²) in [6.07, 6.45) is 3.25. The molecular weight excluding hydrogens is 192 g/mol. The number of methoxy groups -OCH3 is 1. The van der Waals surface area contributed by atoms with Gasteiger partial charge in [0.25, 0.3) is 0 Å². The third-order valence-corrected chi connectivity index (χ3v) is 2.59.